The first-order chi connectivity index (χ1) is 6.46. The normalized spacial score (nSPS) is 11.0. The summed E-state index contributed by atoms with van der Waals surface area (Å²) >= 11 is 0. The number of hydrogen-bond donors (Lipinski definition) is 0. The second kappa shape index (κ2) is 3.75. The monoisotopic (exact) mass is 215 g/mol. The van der Waals surface area contributed by atoms with Crippen molar-refractivity contribution in [1.29, 1.82) is 0 Å². The van der Waals surface area contributed by atoms with E-state index in [0.29, 0.717) is 0 Å². The largest absolute Gasteiger partial charge is 0.464 e. The molecule has 0 amide bonds. The Bertz CT molecular complexity index is 452. The van der Waals surface area contributed by atoms with Crippen LogP contribution in [0.15, 0.2) is 23.2 Å². The predicted molar refractivity (Wildman–Crippen MR) is 48.7 cm³/mol. The van der Waals surface area contributed by atoms with Gasteiger partial charge in [0.15, 0.2) is 15.5 Å². The maximum absolute atomic E-state index is 11.2. The van der Waals surface area contributed by atoms with Crippen molar-refractivity contribution in [2.45, 2.75) is 4.90 Å². The molecule has 14 heavy (non-hydrogen) atoms. The van der Waals surface area contributed by atoms with E-state index in [0.717, 1.165) is 6.26 Å². The van der Waals surface area contributed by atoms with Crippen molar-refractivity contribution >= 4 is 15.8 Å². The lowest BCUT2D eigenvalue weighted by atomic mass is 10.3. The number of sulfone groups is 1. The van der Waals surface area contributed by atoms with E-state index in [4.69, 9.17) is 0 Å². The zero-order valence-corrected chi connectivity index (χ0v) is 8.54. The lowest BCUT2D eigenvalue weighted by Gasteiger charge is -2.03. The molecular formula is C8H9NO4S. The maximum Gasteiger partial charge on any atom is 0.358 e. The highest BCUT2D eigenvalue weighted by Crippen LogP contribution is 2.13. The molecule has 0 aliphatic carbocycles. The minimum atomic E-state index is -3.45. The molecule has 0 atom stereocenters. The molecule has 0 saturated carbocycles. The molecule has 0 aliphatic rings. The van der Waals surface area contributed by atoms with E-state index in [-0.39, 0.29) is 10.6 Å². The van der Waals surface area contributed by atoms with Crippen LogP contribution in [0.2, 0.25) is 0 Å². The Kier molecular flexibility index (Phi) is 2.85. The summed E-state index contributed by atoms with van der Waals surface area (Å²) in [5.74, 6) is -0.758. The van der Waals surface area contributed by atoms with Crippen molar-refractivity contribution in [1.82, 2.24) is 4.98 Å². The molecule has 0 radical (unpaired) electrons. The van der Waals surface area contributed by atoms with Crippen molar-refractivity contribution in [2.24, 2.45) is 0 Å². The summed E-state index contributed by atoms with van der Waals surface area (Å²) in [6.45, 7) is 0. The first-order valence-electron chi connectivity index (χ1n) is 3.70. The lowest BCUT2D eigenvalue weighted by Crippen LogP contribution is -2.11. The van der Waals surface area contributed by atoms with Gasteiger partial charge in [-0.2, -0.15) is 0 Å². The fraction of sp³-hybridized carbons (Fsp3) is 0.250. The highest BCUT2D eigenvalue weighted by Gasteiger charge is 2.19. The molecule has 5 nitrogen and oxygen atoms in total. The van der Waals surface area contributed by atoms with Crippen molar-refractivity contribution < 1.29 is 17.9 Å². The van der Waals surface area contributed by atoms with E-state index in [1.54, 1.807) is 0 Å². The Morgan fingerprint density at radius 3 is 2.64 bits per heavy atom. The molecule has 0 spiro atoms. The second-order valence-corrected chi connectivity index (χ2v) is 4.60. The zero-order chi connectivity index (χ0) is 10.8. The van der Waals surface area contributed by atoms with Crippen molar-refractivity contribution in [3.63, 3.8) is 0 Å². The summed E-state index contributed by atoms with van der Waals surface area (Å²) < 4.78 is 26.9. The van der Waals surface area contributed by atoms with Gasteiger partial charge in [0.1, 0.15) is 0 Å². The number of aromatic nitrogens is 1. The number of ether oxygens (including phenoxy) is 1. The number of carbonyl (C=O) groups is 1. The summed E-state index contributed by atoms with van der Waals surface area (Å²) in [5, 5.41) is 0. The van der Waals surface area contributed by atoms with E-state index < -0.39 is 15.8 Å². The molecule has 0 aromatic carbocycles. The first-order valence-corrected chi connectivity index (χ1v) is 5.59. The zero-order valence-electron chi connectivity index (χ0n) is 7.72. The van der Waals surface area contributed by atoms with Crippen LogP contribution in [-0.2, 0) is 14.6 Å². The Morgan fingerprint density at radius 1 is 1.50 bits per heavy atom. The third-order valence-electron chi connectivity index (χ3n) is 1.55. The van der Waals surface area contributed by atoms with Gasteiger partial charge in [-0.05, 0) is 12.1 Å². The van der Waals surface area contributed by atoms with Crippen LogP contribution in [0.4, 0.5) is 0 Å². The Hall–Kier alpha value is -1.43. The van der Waals surface area contributed by atoms with Crippen LogP contribution < -0.4 is 0 Å². The predicted octanol–water partition coefficient (Wildman–Crippen LogP) is 0.272. The van der Waals surface area contributed by atoms with Crippen LogP contribution in [0.1, 0.15) is 10.5 Å². The van der Waals surface area contributed by atoms with Crippen molar-refractivity contribution in [3.8, 4) is 0 Å². The van der Waals surface area contributed by atoms with Crippen molar-refractivity contribution in [3.05, 3.63) is 24.0 Å². The van der Waals surface area contributed by atoms with Gasteiger partial charge in [0.05, 0.1) is 12.0 Å². The molecule has 0 N–H and O–H groups in total. The van der Waals surface area contributed by atoms with Gasteiger partial charge in [-0.25, -0.2) is 18.2 Å². The molecule has 0 bridgehead atoms. The van der Waals surface area contributed by atoms with Gasteiger partial charge in [0, 0.05) is 12.5 Å². The SMILES string of the molecule is COC(=O)c1ncccc1S(C)(=O)=O. The molecule has 1 rings (SSSR count). The quantitative estimate of drug-likeness (QED) is 0.662. The number of nitrogens with zero attached hydrogens (tertiary/aromatic N) is 1. The van der Waals surface area contributed by atoms with Crippen LogP contribution in [0.3, 0.4) is 0 Å². The van der Waals surface area contributed by atoms with Gasteiger partial charge in [0.25, 0.3) is 0 Å². The van der Waals surface area contributed by atoms with Crippen molar-refractivity contribution in [2.75, 3.05) is 13.4 Å². The Balaban J connectivity index is 3.38. The average molecular weight is 215 g/mol. The molecule has 0 saturated heterocycles. The number of pyridine rings is 1. The van der Waals surface area contributed by atoms with Gasteiger partial charge in [-0.15, -0.1) is 0 Å². The molecule has 1 aromatic heterocycles. The molecule has 1 heterocycles. The third-order valence-corrected chi connectivity index (χ3v) is 2.68. The fourth-order valence-electron chi connectivity index (χ4n) is 0.940. The standard InChI is InChI=1S/C8H9NO4S/c1-13-8(10)7-6(14(2,11)12)4-3-5-9-7/h3-5H,1-2H3. The molecular weight excluding hydrogens is 206 g/mol. The van der Waals surface area contributed by atoms with Crippen LogP contribution in [0, 0.1) is 0 Å². The molecule has 76 valence electrons. The van der Waals surface area contributed by atoms with Gasteiger partial charge < -0.3 is 4.74 Å². The van der Waals surface area contributed by atoms with E-state index >= 15 is 0 Å². The van der Waals surface area contributed by atoms with Crippen LogP contribution >= 0.6 is 0 Å². The summed E-state index contributed by atoms with van der Waals surface area (Å²) in [6, 6.07) is 2.76. The number of methoxy groups -OCH3 is 1. The number of rotatable bonds is 2. The molecule has 0 unspecified atom stereocenters. The Labute approximate surface area is 81.6 Å². The molecule has 0 aliphatic heterocycles. The Morgan fingerprint density at radius 2 is 2.14 bits per heavy atom. The van der Waals surface area contributed by atoms with E-state index in [1.165, 1.54) is 25.4 Å². The van der Waals surface area contributed by atoms with E-state index in [2.05, 4.69) is 9.72 Å². The fourth-order valence-corrected chi connectivity index (χ4v) is 1.75. The first kappa shape index (κ1) is 10.6. The topological polar surface area (TPSA) is 73.3 Å². The van der Waals surface area contributed by atoms with Gasteiger partial charge >= 0.3 is 5.97 Å². The maximum atomic E-state index is 11.2. The average Bonchev–Trinajstić information content (AvgIpc) is 2.15. The van der Waals surface area contributed by atoms with Crippen LogP contribution in [-0.4, -0.2) is 32.7 Å². The molecule has 6 heteroatoms. The number of esters is 1. The van der Waals surface area contributed by atoms with Gasteiger partial charge in [-0.1, -0.05) is 0 Å². The number of hydrogen-bond acceptors (Lipinski definition) is 5. The van der Waals surface area contributed by atoms with Gasteiger partial charge in [0.2, 0.25) is 0 Å². The smallest absolute Gasteiger partial charge is 0.358 e. The van der Waals surface area contributed by atoms with Crippen LogP contribution in [0.5, 0.6) is 0 Å². The molecule has 1 aromatic rings. The van der Waals surface area contributed by atoms with Gasteiger partial charge in [-0.3, -0.25) is 0 Å². The third kappa shape index (κ3) is 2.08. The highest BCUT2D eigenvalue weighted by atomic mass is 32.2. The summed E-state index contributed by atoms with van der Waals surface area (Å²) in [7, 11) is -2.28. The summed E-state index contributed by atoms with van der Waals surface area (Å²) in [5.41, 5.74) is -0.183. The lowest BCUT2D eigenvalue weighted by molar-refractivity contribution is 0.0589. The number of carbonyl (C=O) groups excluding carboxylic acids is 1. The molecule has 0 fully saturated rings. The van der Waals surface area contributed by atoms with Crippen LogP contribution in [0.25, 0.3) is 0 Å². The minimum Gasteiger partial charge on any atom is -0.464 e. The summed E-state index contributed by atoms with van der Waals surface area (Å²) in [6.07, 6.45) is 2.34. The second-order valence-electron chi connectivity index (χ2n) is 2.61. The minimum absolute atomic E-state index is 0.119. The highest BCUT2D eigenvalue weighted by molar-refractivity contribution is 7.90. The van der Waals surface area contributed by atoms with E-state index in [1.807, 2.05) is 0 Å². The summed E-state index contributed by atoms with van der Waals surface area (Å²) in [4.78, 5) is 14.7. The van der Waals surface area contributed by atoms with E-state index in [9.17, 15) is 13.2 Å².